The maximum Gasteiger partial charge on any atom is 0.339 e. The molecule has 0 aliphatic heterocycles. The Morgan fingerprint density at radius 1 is 1.19 bits per heavy atom. The number of hydrogen-bond acceptors (Lipinski definition) is 4. The molecule has 0 aliphatic rings. The topological polar surface area (TPSA) is 81.8 Å². The van der Waals surface area contributed by atoms with Crippen molar-refractivity contribution in [2.45, 2.75) is 6.42 Å². The highest BCUT2D eigenvalue weighted by Gasteiger charge is 2.11. The molecule has 0 fully saturated rings. The first-order valence-electron chi connectivity index (χ1n) is 6.48. The van der Waals surface area contributed by atoms with Gasteiger partial charge in [-0.1, -0.05) is 12.1 Å². The molecule has 2 aromatic carbocycles. The Morgan fingerprint density at radius 3 is 2.52 bits per heavy atom. The molecule has 5 heteroatoms. The first kappa shape index (κ1) is 14.7. The van der Waals surface area contributed by atoms with Crippen molar-refractivity contribution < 1.29 is 19.4 Å². The molecule has 0 spiro atoms. The SMILES string of the molecule is COc1ccc(CCOc2ccc(N)cc2C(=O)O)cc1. The van der Waals surface area contributed by atoms with E-state index in [4.69, 9.17) is 20.3 Å². The van der Waals surface area contributed by atoms with Crippen LogP contribution in [0.25, 0.3) is 0 Å². The van der Waals surface area contributed by atoms with Crippen molar-refractivity contribution in [2.75, 3.05) is 19.5 Å². The Kier molecular flexibility index (Phi) is 4.66. The normalized spacial score (nSPS) is 10.1. The number of methoxy groups -OCH3 is 1. The van der Waals surface area contributed by atoms with Gasteiger partial charge in [0.2, 0.25) is 0 Å². The van der Waals surface area contributed by atoms with Crippen LogP contribution in [0.15, 0.2) is 42.5 Å². The van der Waals surface area contributed by atoms with Crippen molar-refractivity contribution in [3.05, 3.63) is 53.6 Å². The van der Waals surface area contributed by atoms with Gasteiger partial charge in [0, 0.05) is 12.1 Å². The highest BCUT2D eigenvalue weighted by Crippen LogP contribution is 2.22. The number of nitrogens with two attached hydrogens (primary N) is 1. The summed E-state index contributed by atoms with van der Waals surface area (Å²) >= 11 is 0. The summed E-state index contributed by atoms with van der Waals surface area (Å²) in [5, 5.41) is 9.11. The minimum atomic E-state index is -1.05. The lowest BCUT2D eigenvalue weighted by Crippen LogP contribution is -2.07. The van der Waals surface area contributed by atoms with Gasteiger partial charge in [0.25, 0.3) is 0 Å². The van der Waals surface area contributed by atoms with E-state index < -0.39 is 5.97 Å². The van der Waals surface area contributed by atoms with Crippen molar-refractivity contribution in [1.29, 1.82) is 0 Å². The molecule has 0 saturated carbocycles. The molecule has 0 aromatic heterocycles. The lowest BCUT2D eigenvalue weighted by Gasteiger charge is -2.10. The molecular weight excluding hydrogens is 270 g/mol. The fraction of sp³-hybridized carbons (Fsp3) is 0.188. The molecule has 0 amide bonds. The minimum Gasteiger partial charge on any atom is -0.497 e. The highest BCUT2D eigenvalue weighted by molar-refractivity contribution is 5.92. The maximum absolute atomic E-state index is 11.1. The van der Waals surface area contributed by atoms with E-state index >= 15 is 0 Å². The van der Waals surface area contributed by atoms with E-state index in [-0.39, 0.29) is 5.56 Å². The summed E-state index contributed by atoms with van der Waals surface area (Å²) in [6.45, 7) is 0.385. The first-order chi connectivity index (χ1) is 10.1. The average molecular weight is 287 g/mol. The Hall–Kier alpha value is -2.69. The standard InChI is InChI=1S/C16H17NO4/c1-20-13-5-2-11(3-6-13)8-9-21-15-7-4-12(17)10-14(15)16(18)19/h2-7,10H,8-9,17H2,1H3,(H,18,19). The molecule has 0 heterocycles. The number of rotatable bonds is 6. The van der Waals surface area contributed by atoms with E-state index in [1.165, 1.54) is 6.07 Å². The van der Waals surface area contributed by atoms with E-state index in [9.17, 15) is 4.79 Å². The van der Waals surface area contributed by atoms with Crippen LogP contribution in [-0.4, -0.2) is 24.8 Å². The van der Waals surface area contributed by atoms with Gasteiger partial charge < -0.3 is 20.3 Å². The maximum atomic E-state index is 11.1. The Bertz CT molecular complexity index is 623. The van der Waals surface area contributed by atoms with Crippen LogP contribution < -0.4 is 15.2 Å². The number of hydrogen-bond donors (Lipinski definition) is 2. The van der Waals surface area contributed by atoms with Crippen molar-refractivity contribution in [3.63, 3.8) is 0 Å². The number of carbonyl (C=O) groups is 1. The van der Waals surface area contributed by atoms with Gasteiger partial charge in [-0.15, -0.1) is 0 Å². The molecule has 0 unspecified atom stereocenters. The quantitative estimate of drug-likeness (QED) is 0.798. The monoisotopic (exact) mass is 287 g/mol. The first-order valence-corrected chi connectivity index (χ1v) is 6.48. The zero-order chi connectivity index (χ0) is 15.2. The second-order valence-corrected chi connectivity index (χ2v) is 4.51. The van der Waals surface area contributed by atoms with Gasteiger partial charge in [-0.3, -0.25) is 0 Å². The van der Waals surface area contributed by atoms with Crippen molar-refractivity contribution in [3.8, 4) is 11.5 Å². The zero-order valence-corrected chi connectivity index (χ0v) is 11.7. The third kappa shape index (κ3) is 3.89. The van der Waals surface area contributed by atoms with Gasteiger partial charge in [-0.05, 0) is 35.9 Å². The Balaban J connectivity index is 1.98. The van der Waals surface area contributed by atoms with E-state index in [2.05, 4.69) is 0 Å². The number of carboxylic acid groups (broad SMARTS) is 1. The number of ether oxygens (including phenoxy) is 2. The molecular formula is C16H17NO4. The number of nitrogen functional groups attached to an aromatic ring is 1. The fourth-order valence-electron chi connectivity index (χ4n) is 1.91. The summed E-state index contributed by atoms with van der Waals surface area (Å²) in [7, 11) is 1.62. The van der Waals surface area contributed by atoms with E-state index in [0.717, 1.165) is 11.3 Å². The van der Waals surface area contributed by atoms with Crippen molar-refractivity contribution >= 4 is 11.7 Å². The van der Waals surface area contributed by atoms with Crippen LogP contribution in [0.2, 0.25) is 0 Å². The Morgan fingerprint density at radius 2 is 1.90 bits per heavy atom. The molecule has 5 nitrogen and oxygen atoms in total. The summed E-state index contributed by atoms with van der Waals surface area (Å²) < 4.78 is 10.6. The number of benzene rings is 2. The number of aromatic carboxylic acids is 1. The van der Waals surface area contributed by atoms with Gasteiger partial charge in [-0.2, -0.15) is 0 Å². The van der Waals surface area contributed by atoms with E-state index in [0.29, 0.717) is 24.5 Å². The predicted molar refractivity (Wildman–Crippen MR) is 80.0 cm³/mol. The van der Waals surface area contributed by atoms with Gasteiger partial charge in [-0.25, -0.2) is 4.79 Å². The van der Waals surface area contributed by atoms with Gasteiger partial charge in [0.15, 0.2) is 0 Å². The molecule has 21 heavy (non-hydrogen) atoms. The molecule has 2 rings (SSSR count). The van der Waals surface area contributed by atoms with Gasteiger partial charge in [0.1, 0.15) is 17.1 Å². The van der Waals surface area contributed by atoms with Crippen molar-refractivity contribution in [2.24, 2.45) is 0 Å². The summed E-state index contributed by atoms with van der Waals surface area (Å²) in [5.41, 5.74) is 7.14. The minimum absolute atomic E-state index is 0.0738. The number of carboxylic acids is 1. The molecule has 0 radical (unpaired) electrons. The van der Waals surface area contributed by atoms with Crippen LogP contribution in [0.3, 0.4) is 0 Å². The van der Waals surface area contributed by atoms with Gasteiger partial charge in [0.05, 0.1) is 13.7 Å². The highest BCUT2D eigenvalue weighted by atomic mass is 16.5. The van der Waals surface area contributed by atoms with E-state index in [1.54, 1.807) is 19.2 Å². The van der Waals surface area contributed by atoms with Crippen LogP contribution in [-0.2, 0) is 6.42 Å². The predicted octanol–water partition coefficient (Wildman–Crippen LogP) is 2.60. The molecule has 0 saturated heterocycles. The molecule has 2 aromatic rings. The van der Waals surface area contributed by atoms with Crippen molar-refractivity contribution in [1.82, 2.24) is 0 Å². The molecule has 0 bridgehead atoms. The smallest absolute Gasteiger partial charge is 0.339 e. The summed E-state index contributed by atoms with van der Waals surface area (Å²) in [4.78, 5) is 11.1. The second kappa shape index (κ2) is 6.65. The summed E-state index contributed by atoms with van der Waals surface area (Å²) in [6.07, 6.45) is 0.674. The van der Waals surface area contributed by atoms with Crippen LogP contribution in [0.5, 0.6) is 11.5 Å². The number of anilines is 1. The molecule has 0 atom stereocenters. The molecule has 3 N–H and O–H groups in total. The lowest BCUT2D eigenvalue weighted by atomic mass is 10.1. The summed E-state index contributed by atoms with van der Waals surface area (Å²) in [5.74, 6) is 0.0679. The van der Waals surface area contributed by atoms with Gasteiger partial charge >= 0.3 is 5.97 Å². The van der Waals surface area contributed by atoms with Crippen LogP contribution in [0, 0.1) is 0 Å². The van der Waals surface area contributed by atoms with Crippen LogP contribution in [0.1, 0.15) is 15.9 Å². The third-order valence-corrected chi connectivity index (χ3v) is 3.04. The fourth-order valence-corrected chi connectivity index (χ4v) is 1.91. The van der Waals surface area contributed by atoms with Crippen LogP contribution in [0.4, 0.5) is 5.69 Å². The molecule has 110 valence electrons. The zero-order valence-electron chi connectivity index (χ0n) is 11.7. The Labute approximate surface area is 122 Å². The van der Waals surface area contributed by atoms with Crippen LogP contribution >= 0.6 is 0 Å². The molecule has 0 aliphatic carbocycles. The lowest BCUT2D eigenvalue weighted by molar-refractivity contribution is 0.0692. The average Bonchev–Trinajstić information content (AvgIpc) is 2.49. The van der Waals surface area contributed by atoms with E-state index in [1.807, 2.05) is 24.3 Å². The largest absolute Gasteiger partial charge is 0.497 e. The second-order valence-electron chi connectivity index (χ2n) is 4.51. The summed E-state index contributed by atoms with van der Waals surface area (Å²) in [6, 6.07) is 12.2. The third-order valence-electron chi connectivity index (χ3n) is 3.04.